The van der Waals surface area contributed by atoms with Gasteiger partial charge in [0.1, 0.15) is 0 Å². The van der Waals surface area contributed by atoms with Crippen LogP contribution in [0.5, 0.6) is 0 Å². The van der Waals surface area contributed by atoms with E-state index >= 15 is 0 Å². The first-order valence-electron chi connectivity index (χ1n) is 8.37. The normalized spacial score (nSPS) is 32.6. The number of hydrogen-bond acceptors (Lipinski definition) is 3. The van der Waals surface area contributed by atoms with Gasteiger partial charge in [-0.2, -0.15) is 0 Å². The van der Waals surface area contributed by atoms with Gasteiger partial charge in [-0.3, -0.25) is 0 Å². The Hall–Kier alpha value is -0.130. The van der Waals surface area contributed by atoms with Crippen LogP contribution < -0.4 is 0 Å². The fraction of sp³-hybridized carbons (Fsp3) is 1.00. The Kier molecular flexibility index (Phi) is 4.68. The lowest BCUT2D eigenvalue weighted by Gasteiger charge is -2.45. The minimum absolute atomic E-state index is 0.348. The summed E-state index contributed by atoms with van der Waals surface area (Å²) < 4.78 is 26.3. The average molecular weight is 300 g/mol. The molecule has 0 aromatic rings. The van der Waals surface area contributed by atoms with Crippen LogP contribution in [-0.2, 0) is 10.0 Å². The quantitative estimate of drug-likeness (QED) is 0.780. The van der Waals surface area contributed by atoms with Gasteiger partial charge < -0.3 is 4.90 Å². The standard InChI is InChI=1S/C15H28N2O2S/c18-20(19,17-10-2-1-3-11-17)12-4-9-16-13-14-5-7-15(16)8-6-14/h14-15H,1-13H2. The van der Waals surface area contributed by atoms with E-state index in [1.54, 1.807) is 4.31 Å². The molecule has 3 saturated heterocycles. The Morgan fingerprint density at radius 1 is 0.950 bits per heavy atom. The highest BCUT2D eigenvalue weighted by Gasteiger charge is 2.33. The summed E-state index contributed by atoms with van der Waals surface area (Å²) in [6.45, 7) is 3.69. The van der Waals surface area contributed by atoms with Gasteiger partial charge in [-0.05, 0) is 57.4 Å². The molecule has 0 spiro atoms. The molecule has 1 saturated carbocycles. The molecule has 116 valence electrons. The number of rotatable bonds is 5. The minimum Gasteiger partial charge on any atom is -0.300 e. The van der Waals surface area contributed by atoms with Gasteiger partial charge in [0.05, 0.1) is 5.75 Å². The van der Waals surface area contributed by atoms with Crippen LogP contribution in [0.15, 0.2) is 0 Å². The lowest BCUT2D eigenvalue weighted by Crippen LogP contribution is -2.48. The summed E-state index contributed by atoms with van der Waals surface area (Å²) in [5, 5.41) is 0. The van der Waals surface area contributed by atoms with Crippen molar-refractivity contribution in [2.24, 2.45) is 5.92 Å². The molecule has 1 aliphatic carbocycles. The van der Waals surface area contributed by atoms with E-state index in [-0.39, 0.29) is 0 Å². The molecule has 4 rings (SSSR count). The lowest BCUT2D eigenvalue weighted by atomic mass is 9.80. The second kappa shape index (κ2) is 6.32. The van der Waals surface area contributed by atoms with E-state index in [2.05, 4.69) is 4.90 Å². The van der Waals surface area contributed by atoms with E-state index < -0.39 is 10.0 Å². The van der Waals surface area contributed by atoms with Crippen LogP contribution in [0, 0.1) is 5.92 Å². The molecule has 3 heterocycles. The van der Waals surface area contributed by atoms with Crippen LogP contribution in [0.1, 0.15) is 51.4 Å². The highest BCUT2D eigenvalue weighted by Crippen LogP contribution is 2.34. The van der Waals surface area contributed by atoms with Crippen molar-refractivity contribution in [3.8, 4) is 0 Å². The molecule has 0 aromatic heterocycles. The van der Waals surface area contributed by atoms with Crippen molar-refractivity contribution < 1.29 is 8.42 Å². The van der Waals surface area contributed by atoms with Crippen molar-refractivity contribution >= 4 is 10.0 Å². The second-order valence-electron chi connectivity index (χ2n) is 6.80. The molecule has 4 aliphatic rings. The van der Waals surface area contributed by atoms with Crippen molar-refractivity contribution in [3.63, 3.8) is 0 Å². The number of sulfonamides is 1. The van der Waals surface area contributed by atoms with Crippen LogP contribution in [0.2, 0.25) is 0 Å². The molecular formula is C15H28N2O2S. The van der Waals surface area contributed by atoms with Crippen LogP contribution in [0.25, 0.3) is 0 Å². The third-order valence-electron chi connectivity index (χ3n) is 5.38. The van der Waals surface area contributed by atoms with E-state index in [0.717, 1.165) is 50.9 Å². The van der Waals surface area contributed by atoms with Gasteiger partial charge in [-0.15, -0.1) is 0 Å². The molecule has 3 aliphatic heterocycles. The Balaban J connectivity index is 1.45. The third-order valence-corrected chi connectivity index (χ3v) is 7.34. The summed E-state index contributed by atoms with van der Waals surface area (Å²) in [5.41, 5.74) is 0. The molecular weight excluding hydrogens is 272 g/mol. The minimum atomic E-state index is -2.99. The zero-order valence-electron chi connectivity index (χ0n) is 12.5. The first-order valence-corrected chi connectivity index (χ1v) is 9.98. The smallest absolute Gasteiger partial charge is 0.214 e. The molecule has 5 heteroatoms. The molecule has 0 N–H and O–H groups in total. The van der Waals surface area contributed by atoms with Gasteiger partial charge >= 0.3 is 0 Å². The van der Waals surface area contributed by atoms with Gasteiger partial charge in [0.2, 0.25) is 10.0 Å². The van der Waals surface area contributed by atoms with E-state index in [9.17, 15) is 8.42 Å². The lowest BCUT2D eigenvalue weighted by molar-refractivity contribution is 0.0494. The maximum Gasteiger partial charge on any atom is 0.214 e. The number of hydrogen-bond donors (Lipinski definition) is 0. The van der Waals surface area contributed by atoms with Gasteiger partial charge in [0.25, 0.3) is 0 Å². The Morgan fingerprint density at radius 3 is 2.25 bits per heavy atom. The van der Waals surface area contributed by atoms with E-state index in [4.69, 9.17) is 0 Å². The monoisotopic (exact) mass is 300 g/mol. The fourth-order valence-electron chi connectivity index (χ4n) is 4.17. The van der Waals surface area contributed by atoms with Crippen LogP contribution in [0.4, 0.5) is 0 Å². The van der Waals surface area contributed by atoms with E-state index in [1.165, 1.54) is 38.6 Å². The predicted octanol–water partition coefficient (Wildman–Crippen LogP) is 2.07. The zero-order valence-corrected chi connectivity index (χ0v) is 13.3. The van der Waals surface area contributed by atoms with Gasteiger partial charge in [-0.25, -0.2) is 12.7 Å². The molecule has 20 heavy (non-hydrogen) atoms. The Morgan fingerprint density at radius 2 is 1.65 bits per heavy atom. The summed E-state index contributed by atoms with van der Waals surface area (Å²) in [4.78, 5) is 2.56. The SMILES string of the molecule is O=S(=O)(CCCN1CC2CCC1CC2)N1CCCCC1. The Bertz CT molecular complexity index is 410. The first kappa shape index (κ1) is 14.8. The van der Waals surface area contributed by atoms with E-state index in [0.29, 0.717) is 5.75 Å². The second-order valence-corrected chi connectivity index (χ2v) is 8.89. The largest absolute Gasteiger partial charge is 0.300 e. The number of nitrogens with zero attached hydrogens (tertiary/aromatic N) is 2. The van der Waals surface area contributed by atoms with Gasteiger partial charge in [0, 0.05) is 25.7 Å². The molecule has 4 fully saturated rings. The number of piperidine rings is 3. The molecule has 0 atom stereocenters. The first-order chi connectivity index (χ1) is 9.65. The summed E-state index contributed by atoms with van der Waals surface area (Å²) >= 11 is 0. The summed E-state index contributed by atoms with van der Waals surface area (Å²) in [6.07, 6.45) is 9.53. The van der Waals surface area contributed by atoms with Crippen molar-refractivity contribution in [2.45, 2.75) is 57.4 Å². The highest BCUT2D eigenvalue weighted by atomic mass is 32.2. The van der Waals surface area contributed by atoms with Crippen molar-refractivity contribution in [3.05, 3.63) is 0 Å². The van der Waals surface area contributed by atoms with Crippen molar-refractivity contribution in [1.82, 2.24) is 9.21 Å². The predicted molar refractivity (Wildman–Crippen MR) is 81.1 cm³/mol. The molecule has 0 radical (unpaired) electrons. The van der Waals surface area contributed by atoms with E-state index in [1.807, 2.05) is 0 Å². The summed E-state index contributed by atoms with van der Waals surface area (Å²) in [6, 6.07) is 0.748. The van der Waals surface area contributed by atoms with Gasteiger partial charge in [0.15, 0.2) is 0 Å². The summed E-state index contributed by atoms with van der Waals surface area (Å²) in [5.74, 6) is 1.24. The third kappa shape index (κ3) is 3.37. The topological polar surface area (TPSA) is 40.6 Å². The molecule has 4 nitrogen and oxygen atoms in total. The van der Waals surface area contributed by atoms with Crippen LogP contribution >= 0.6 is 0 Å². The fourth-order valence-corrected chi connectivity index (χ4v) is 5.74. The Labute approximate surface area is 123 Å². The molecule has 0 aromatic carbocycles. The van der Waals surface area contributed by atoms with Crippen molar-refractivity contribution in [1.29, 1.82) is 0 Å². The van der Waals surface area contributed by atoms with Gasteiger partial charge in [-0.1, -0.05) is 6.42 Å². The van der Waals surface area contributed by atoms with Crippen molar-refractivity contribution in [2.75, 3.05) is 31.9 Å². The van der Waals surface area contributed by atoms with Crippen LogP contribution in [-0.4, -0.2) is 55.6 Å². The summed E-state index contributed by atoms with van der Waals surface area (Å²) in [7, 11) is -2.99. The average Bonchev–Trinajstić information content (AvgIpc) is 2.49. The van der Waals surface area contributed by atoms with Crippen LogP contribution in [0.3, 0.4) is 0 Å². The molecule has 0 amide bonds. The highest BCUT2D eigenvalue weighted by molar-refractivity contribution is 7.89. The zero-order chi connectivity index (χ0) is 14.0. The maximum absolute atomic E-state index is 12.3. The molecule has 0 unspecified atom stereocenters. The number of fused-ring (bicyclic) bond motifs is 3. The maximum atomic E-state index is 12.3. The molecule has 2 bridgehead atoms.